The van der Waals surface area contributed by atoms with Gasteiger partial charge in [-0.05, 0) is 25.3 Å². The van der Waals surface area contributed by atoms with E-state index in [0.29, 0.717) is 12.0 Å². The lowest BCUT2D eigenvalue weighted by Crippen LogP contribution is -2.44. The number of carbonyl (C=O) groups is 1. The Hall–Kier alpha value is -1.20. The van der Waals surface area contributed by atoms with E-state index >= 15 is 0 Å². The molecule has 0 spiro atoms. The number of benzene rings is 1. The van der Waals surface area contributed by atoms with Crippen molar-refractivity contribution in [3.8, 4) is 0 Å². The number of hydrogen-bond donors (Lipinski definition) is 1. The van der Waals surface area contributed by atoms with Gasteiger partial charge in [0.25, 0.3) is 0 Å². The fourth-order valence-electron chi connectivity index (χ4n) is 1.99. The lowest BCUT2D eigenvalue weighted by molar-refractivity contribution is -0.133. The molecule has 1 atom stereocenters. The van der Waals surface area contributed by atoms with E-state index in [1.54, 1.807) is 4.90 Å². The van der Waals surface area contributed by atoms with Gasteiger partial charge >= 0.3 is 0 Å². The molecule has 2 N–H and O–H groups in total. The molecule has 0 aliphatic heterocycles. The first-order chi connectivity index (χ1) is 9.02. The molecule has 20 heavy (non-hydrogen) atoms. The molecule has 6 heteroatoms. The molecule has 1 aliphatic rings. The number of carbonyl (C=O) groups excluding carboxylic acids is 1. The Balaban J connectivity index is 0.00000200. The van der Waals surface area contributed by atoms with E-state index in [9.17, 15) is 13.6 Å². The molecular weight excluding hydrogens is 286 g/mol. The van der Waals surface area contributed by atoms with Crippen LogP contribution in [0.2, 0.25) is 0 Å². The topological polar surface area (TPSA) is 46.3 Å². The van der Waals surface area contributed by atoms with Gasteiger partial charge in [-0.3, -0.25) is 4.79 Å². The molecular formula is C14H19ClF2N2O. The lowest BCUT2D eigenvalue weighted by atomic mass is 10.1. The van der Waals surface area contributed by atoms with E-state index in [4.69, 9.17) is 5.73 Å². The highest BCUT2D eigenvalue weighted by Gasteiger charge is 2.34. The fraction of sp³-hybridized carbons (Fsp3) is 0.500. The molecule has 0 saturated heterocycles. The third-order valence-corrected chi connectivity index (χ3v) is 3.38. The number of hydrogen-bond acceptors (Lipinski definition) is 2. The molecule has 1 aromatic carbocycles. The van der Waals surface area contributed by atoms with Crippen LogP contribution in [0.4, 0.5) is 8.78 Å². The summed E-state index contributed by atoms with van der Waals surface area (Å²) < 4.78 is 26.5. The Morgan fingerprint density at radius 3 is 2.60 bits per heavy atom. The number of rotatable bonds is 5. The van der Waals surface area contributed by atoms with Gasteiger partial charge in [0.1, 0.15) is 11.6 Å². The number of halogens is 3. The van der Waals surface area contributed by atoms with Crippen molar-refractivity contribution in [1.82, 2.24) is 4.90 Å². The zero-order chi connectivity index (χ0) is 14.0. The van der Waals surface area contributed by atoms with E-state index in [-0.39, 0.29) is 30.9 Å². The maximum Gasteiger partial charge on any atom is 0.240 e. The van der Waals surface area contributed by atoms with Gasteiger partial charge in [-0.25, -0.2) is 8.78 Å². The molecule has 1 amide bonds. The Morgan fingerprint density at radius 1 is 1.45 bits per heavy atom. The monoisotopic (exact) mass is 304 g/mol. The minimum absolute atomic E-state index is 0. The van der Waals surface area contributed by atoms with Crippen LogP contribution in [0.25, 0.3) is 0 Å². The second-order valence-electron chi connectivity index (χ2n) is 4.95. The van der Waals surface area contributed by atoms with Gasteiger partial charge in [-0.15, -0.1) is 12.4 Å². The molecule has 1 saturated carbocycles. The summed E-state index contributed by atoms with van der Waals surface area (Å²) in [6, 6.07) is 3.02. The van der Waals surface area contributed by atoms with E-state index < -0.39 is 17.7 Å². The van der Waals surface area contributed by atoms with Crippen LogP contribution in [0, 0.1) is 11.6 Å². The summed E-state index contributed by atoms with van der Waals surface area (Å²) in [6.07, 6.45) is 2.39. The van der Waals surface area contributed by atoms with Crippen LogP contribution in [0.15, 0.2) is 18.2 Å². The average Bonchev–Trinajstić information content (AvgIpc) is 3.20. The summed E-state index contributed by atoms with van der Waals surface area (Å²) in [5, 5.41) is 0. The van der Waals surface area contributed by atoms with Crippen molar-refractivity contribution in [2.75, 3.05) is 0 Å². The third-order valence-electron chi connectivity index (χ3n) is 3.38. The third kappa shape index (κ3) is 3.90. The zero-order valence-corrected chi connectivity index (χ0v) is 12.1. The highest BCUT2D eigenvalue weighted by atomic mass is 35.5. The Bertz CT molecular complexity index is 480. The molecule has 2 rings (SSSR count). The van der Waals surface area contributed by atoms with Gasteiger partial charge in [-0.1, -0.05) is 13.0 Å². The molecule has 1 fully saturated rings. The van der Waals surface area contributed by atoms with Crippen molar-refractivity contribution < 1.29 is 13.6 Å². The molecule has 0 aromatic heterocycles. The van der Waals surface area contributed by atoms with Crippen molar-refractivity contribution in [3.63, 3.8) is 0 Å². The van der Waals surface area contributed by atoms with Crippen LogP contribution in [-0.2, 0) is 11.3 Å². The molecule has 1 aromatic rings. The van der Waals surface area contributed by atoms with Gasteiger partial charge in [0.05, 0.1) is 6.04 Å². The van der Waals surface area contributed by atoms with Crippen molar-refractivity contribution in [2.45, 2.75) is 44.8 Å². The first-order valence-corrected chi connectivity index (χ1v) is 6.53. The highest BCUT2D eigenvalue weighted by molar-refractivity contribution is 5.85. The van der Waals surface area contributed by atoms with Gasteiger partial charge in [0.15, 0.2) is 0 Å². The fourth-order valence-corrected chi connectivity index (χ4v) is 1.99. The first kappa shape index (κ1) is 16.9. The number of nitrogens with zero attached hydrogens (tertiary/aromatic N) is 1. The van der Waals surface area contributed by atoms with Gasteiger partial charge in [-0.2, -0.15) is 0 Å². The van der Waals surface area contributed by atoms with Crippen LogP contribution in [0.3, 0.4) is 0 Å². The molecule has 0 heterocycles. The van der Waals surface area contributed by atoms with Crippen LogP contribution < -0.4 is 5.73 Å². The molecule has 3 nitrogen and oxygen atoms in total. The molecule has 0 bridgehead atoms. The summed E-state index contributed by atoms with van der Waals surface area (Å²) in [5.74, 6) is -1.40. The standard InChI is InChI=1S/C14H18F2N2O.ClH/c1-2-13(17)14(19)18(11-5-6-11)8-9-3-4-10(15)7-12(9)16;/h3-4,7,11,13H,2,5-6,8,17H2,1H3;1H/t13-;/m0./s1. The summed E-state index contributed by atoms with van der Waals surface area (Å²) in [4.78, 5) is 13.8. The van der Waals surface area contributed by atoms with E-state index in [2.05, 4.69) is 0 Å². The zero-order valence-electron chi connectivity index (χ0n) is 11.3. The summed E-state index contributed by atoms with van der Waals surface area (Å²) in [7, 11) is 0. The van der Waals surface area contributed by atoms with Crippen molar-refractivity contribution in [2.24, 2.45) is 5.73 Å². The smallest absolute Gasteiger partial charge is 0.240 e. The molecule has 1 aliphatic carbocycles. The number of nitrogens with two attached hydrogens (primary N) is 1. The maximum absolute atomic E-state index is 13.6. The van der Waals surface area contributed by atoms with Gasteiger partial charge in [0.2, 0.25) is 5.91 Å². The summed E-state index contributed by atoms with van der Waals surface area (Å²) in [5.41, 5.74) is 6.08. The molecule has 0 unspecified atom stereocenters. The van der Waals surface area contributed by atoms with Crippen LogP contribution in [0.1, 0.15) is 31.7 Å². The van der Waals surface area contributed by atoms with E-state index in [0.717, 1.165) is 18.9 Å². The van der Waals surface area contributed by atoms with E-state index in [1.807, 2.05) is 6.92 Å². The second kappa shape index (κ2) is 6.99. The SMILES string of the molecule is CC[C@H](N)C(=O)N(Cc1ccc(F)cc1F)C1CC1.Cl. The van der Waals surface area contributed by atoms with Crippen molar-refractivity contribution >= 4 is 18.3 Å². The number of amides is 1. The average molecular weight is 305 g/mol. The van der Waals surface area contributed by atoms with Crippen molar-refractivity contribution in [1.29, 1.82) is 0 Å². The largest absolute Gasteiger partial charge is 0.334 e. The quantitative estimate of drug-likeness (QED) is 0.909. The Labute approximate surface area is 123 Å². The van der Waals surface area contributed by atoms with E-state index in [1.165, 1.54) is 12.1 Å². The summed E-state index contributed by atoms with van der Waals surface area (Å²) >= 11 is 0. The Kier molecular flexibility index (Phi) is 5.89. The minimum atomic E-state index is -0.622. The van der Waals surface area contributed by atoms with Gasteiger partial charge < -0.3 is 10.6 Å². The second-order valence-corrected chi connectivity index (χ2v) is 4.95. The normalized spacial score (nSPS) is 15.4. The predicted octanol–water partition coefficient (Wildman–Crippen LogP) is 2.61. The van der Waals surface area contributed by atoms with Crippen LogP contribution >= 0.6 is 12.4 Å². The van der Waals surface area contributed by atoms with Crippen molar-refractivity contribution in [3.05, 3.63) is 35.4 Å². The van der Waals surface area contributed by atoms with Crippen LogP contribution in [-0.4, -0.2) is 22.9 Å². The maximum atomic E-state index is 13.6. The Morgan fingerprint density at radius 2 is 2.10 bits per heavy atom. The predicted molar refractivity (Wildman–Crippen MR) is 75.4 cm³/mol. The minimum Gasteiger partial charge on any atom is -0.334 e. The summed E-state index contributed by atoms with van der Waals surface area (Å²) in [6.45, 7) is 2.00. The lowest BCUT2D eigenvalue weighted by Gasteiger charge is -2.25. The first-order valence-electron chi connectivity index (χ1n) is 6.53. The molecule has 112 valence electrons. The van der Waals surface area contributed by atoms with Gasteiger partial charge in [0, 0.05) is 24.2 Å². The highest BCUT2D eigenvalue weighted by Crippen LogP contribution is 2.29. The van der Waals surface area contributed by atoms with Crippen LogP contribution in [0.5, 0.6) is 0 Å². The molecule has 0 radical (unpaired) electrons.